The standard InChI is InChI=1S/C14H13BrN2O.ClH/c1-8-9(2)18-14-11(8)5-10(6-12(14)15)7-13-16-3-4-17-13;/h3-6H,7H2,1-2H3,(H,16,17);1H. The molecule has 0 atom stereocenters. The maximum absolute atomic E-state index is 5.75. The summed E-state index contributed by atoms with van der Waals surface area (Å²) in [4.78, 5) is 7.38. The van der Waals surface area contributed by atoms with Crippen LogP contribution in [0.15, 0.2) is 33.4 Å². The summed E-state index contributed by atoms with van der Waals surface area (Å²) < 4.78 is 6.75. The fraction of sp³-hybridized carbons (Fsp3) is 0.214. The van der Waals surface area contributed by atoms with Crippen molar-refractivity contribution in [2.45, 2.75) is 20.3 Å². The van der Waals surface area contributed by atoms with E-state index in [1.54, 1.807) is 6.20 Å². The third kappa shape index (κ3) is 2.55. The first-order valence-electron chi connectivity index (χ1n) is 5.81. The minimum absolute atomic E-state index is 0. The van der Waals surface area contributed by atoms with E-state index in [0.29, 0.717) is 0 Å². The molecule has 100 valence electrons. The molecule has 0 fully saturated rings. The van der Waals surface area contributed by atoms with Gasteiger partial charge in [-0.25, -0.2) is 4.98 Å². The smallest absolute Gasteiger partial charge is 0.148 e. The van der Waals surface area contributed by atoms with Gasteiger partial charge < -0.3 is 9.40 Å². The number of halogens is 2. The fourth-order valence-corrected chi connectivity index (χ4v) is 2.73. The molecule has 3 rings (SSSR count). The predicted molar refractivity (Wildman–Crippen MR) is 82.0 cm³/mol. The lowest BCUT2D eigenvalue weighted by Crippen LogP contribution is -1.91. The minimum Gasteiger partial charge on any atom is -0.460 e. The average Bonchev–Trinajstić information content (AvgIpc) is 2.92. The Morgan fingerprint density at radius 3 is 2.79 bits per heavy atom. The topological polar surface area (TPSA) is 41.8 Å². The van der Waals surface area contributed by atoms with Crippen molar-refractivity contribution in [2.24, 2.45) is 0 Å². The number of aromatic amines is 1. The number of imidazole rings is 1. The Morgan fingerprint density at radius 2 is 2.11 bits per heavy atom. The second-order valence-corrected chi connectivity index (χ2v) is 5.30. The first kappa shape index (κ1) is 14.2. The van der Waals surface area contributed by atoms with E-state index >= 15 is 0 Å². The van der Waals surface area contributed by atoms with Crippen LogP contribution in [0.1, 0.15) is 22.7 Å². The molecular formula is C14H14BrClN2O. The molecule has 1 N–H and O–H groups in total. The van der Waals surface area contributed by atoms with Crippen molar-refractivity contribution in [2.75, 3.05) is 0 Å². The summed E-state index contributed by atoms with van der Waals surface area (Å²) in [5, 5.41) is 1.17. The van der Waals surface area contributed by atoms with Gasteiger partial charge in [0.1, 0.15) is 17.2 Å². The highest BCUT2D eigenvalue weighted by molar-refractivity contribution is 9.10. The molecule has 0 spiro atoms. The third-order valence-electron chi connectivity index (χ3n) is 3.22. The second kappa shape index (κ2) is 5.39. The van der Waals surface area contributed by atoms with Gasteiger partial charge in [0.15, 0.2) is 0 Å². The molecule has 0 aliphatic carbocycles. The van der Waals surface area contributed by atoms with Gasteiger partial charge in [-0.3, -0.25) is 0 Å². The van der Waals surface area contributed by atoms with Crippen molar-refractivity contribution in [1.29, 1.82) is 0 Å². The molecule has 1 aromatic carbocycles. The number of nitrogens with zero attached hydrogens (tertiary/aromatic N) is 1. The molecule has 0 aliphatic rings. The molecule has 0 unspecified atom stereocenters. The van der Waals surface area contributed by atoms with Crippen LogP contribution in [0.2, 0.25) is 0 Å². The van der Waals surface area contributed by atoms with Crippen molar-refractivity contribution < 1.29 is 4.42 Å². The molecule has 0 amide bonds. The van der Waals surface area contributed by atoms with Crippen LogP contribution in [-0.4, -0.2) is 9.97 Å². The molecule has 5 heteroatoms. The summed E-state index contributed by atoms with van der Waals surface area (Å²) in [6, 6.07) is 4.27. The van der Waals surface area contributed by atoms with Gasteiger partial charge in [0.05, 0.1) is 4.47 Å². The van der Waals surface area contributed by atoms with Gasteiger partial charge in [-0.05, 0) is 53.0 Å². The van der Waals surface area contributed by atoms with E-state index in [1.165, 1.54) is 16.5 Å². The third-order valence-corrected chi connectivity index (χ3v) is 3.81. The Morgan fingerprint density at radius 1 is 1.32 bits per heavy atom. The molecule has 0 saturated heterocycles. The van der Waals surface area contributed by atoms with Crippen molar-refractivity contribution in [3.8, 4) is 0 Å². The molecule has 3 aromatic rings. The molecule has 0 radical (unpaired) electrons. The number of nitrogens with one attached hydrogen (secondary N) is 1. The van der Waals surface area contributed by atoms with Crippen molar-refractivity contribution in [1.82, 2.24) is 9.97 Å². The highest BCUT2D eigenvalue weighted by atomic mass is 79.9. The summed E-state index contributed by atoms with van der Waals surface area (Å²) in [5.74, 6) is 1.94. The quantitative estimate of drug-likeness (QED) is 0.743. The number of hydrogen-bond acceptors (Lipinski definition) is 2. The largest absolute Gasteiger partial charge is 0.460 e. The van der Waals surface area contributed by atoms with Gasteiger partial charge >= 0.3 is 0 Å². The van der Waals surface area contributed by atoms with E-state index in [4.69, 9.17) is 4.42 Å². The Bertz CT molecular complexity index is 704. The van der Waals surface area contributed by atoms with Gasteiger partial charge in [-0.1, -0.05) is 0 Å². The highest BCUT2D eigenvalue weighted by Gasteiger charge is 2.12. The predicted octanol–water partition coefficient (Wildman–Crippen LogP) is 4.55. The summed E-state index contributed by atoms with van der Waals surface area (Å²) in [6.45, 7) is 4.08. The Balaban J connectivity index is 0.00000133. The number of fused-ring (bicyclic) bond motifs is 1. The Labute approximate surface area is 126 Å². The molecule has 2 aromatic heterocycles. The van der Waals surface area contributed by atoms with Gasteiger partial charge in [-0.2, -0.15) is 0 Å². The number of hydrogen-bond donors (Lipinski definition) is 1. The van der Waals surface area contributed by atoms with Gasteiger partial charge in [0.25, 0.3) is 0 Å². The zero-order chi connectivity index (χ0) is 12.7. The van der Waals surface area contributed by atoms with Crippen LogP contribution >= 0.6 is 28.3 Å². The van der Waals surface area contributed by atoms with Crippen molar-refractivity contribution >= 4 is 39.3 Å². The first-order chi connectivity index (χ1) is 8.65. The maximum atomic E-state index is 5.75. The van der Waals surface area contributed by atoms with E-state index < -0.39 is 0 Å². The summed E-state index contributed by atoms with van der Waals surface area (Å²) in [5.41, 5.74) is 3.34. The molecule has 0 bridgehead atoms. The number of aryl methyl sites for hydroxylation is 2. The molecule has 0 aliphatic heterocycles. The second-order valence-electron chi connectivity index (χ2n) is 4.45. The van der Waals surface area contributed by atoms with Crippen LogP contribution in [0.4, 0.5) is 0 Å². The van der Waals surface area contributed by atoms with Crippen LogP contribution in [0.25, 0.3) is 11.0 Å². The Kier molecular flexibility index (Phi) is 4.02. The molecule has 3 nitrogen and oxygen atoms in total. The zero-order valence-electron chi connectivity index (χ0n) is 10.7. The number of benzene rings is 1. The van der Waals surface area contributed by atoms with Crippen LogP contribution in [0.5, 0.6) is 0 Å². The first-order valence-corrected chi connectivity index (χ1v) is 6.61. The zero-order valence-corrected chi connectivity index (χ0v) is 13.1. The van der Waals surface area contributed by atoms with E-state index in [2.05, 4.69) is 45.0 Å². The SMILES string of the molecule is Cc1oc2c(Br)cc(Cc3ncc[nH]3)cc2c1C.Cl. The molecular weight excluding hydrogens is 328 g/mol. The highest BCUT2D eigenvalue weighted by Crippen LogP contribution is 2.32. The monoisotopic (exact) mass is 340 g/mol. The normalized spacial score (nSPS) is 10.7. The number of aromatic nitrogens is 2. The lowest BCUT2D eigenvalue weighted by molar-refractivity contribution is 0.573. The van der Waals surface area contributed by atoms with Crippen LogP contribution in [0.3, 0.4) is 0 Å². The molecule has 2 heterocycles. The molecule has 19 heavy (non-hydrogen) atoms. The van der Waals surface area contributed by atoms with Crippen LogP contribution in [0, 0.1) is 13.8 Å². The van der Waals surface area contributed by atoms with Crippen LogP contribution in [-0.2, 0) is 6.42 Å². The van der Waals surface area contributed by atoms with Crippen molar-refractivity contribution in [3.05, 3.63) is 51.7 Å². The van der Waals surface area contributed by atoms with E-state index in [-0.39, 0.29) is 12.4 Å². The maximum Gasteiger partial charge on any atom is 0.148 e. The fourth-order valence-electron chi connectivity index (χ4n) is 2.14. The van der Waals surface area contributed by atoms with Crippen molar-refractivity contribution in [3.63, 3.8) is 0 Å². The average molecular weight is 342 g/mol. The van der Waals surface area contributed by atoms with Crippen LogP contribution < -0.4 is 0 Å². The minimum atomic E-state index is 0. The number of furan rings is 1. The molecule has 0 saturated carbocycles. The van der Waals surface area contributed by atoms with E-state index in [1.807, 2.05) is 13.1 Å². The van der Waals surface area contributed by atoms with Gasteiger partial charge in [-0.15, -0.1) is 12.4 Å². The van der Waals surface area contributed by atoms with E-state index in [9.17, 15) is 0 Å². The number of H-pyrrole nitrogens is 1. The van der Waals surface area contributed by atoms with Gasteiger partial charge in [0, 0.05) is 24.2 Å². The summed E-state index contributed by atoms with van der Waals surface area (Å²) >= 11 is 3.57. The summed E-state index contributed by atoms with van der Waals surface area (Å²) in [6.07, 6.45) is 4.41. The Hall–Kier alpha value is -1.26. The lowest BCUT2D eigenvalue weighted by Gasteiger charge is -2.01. The van der Waals surface area contributed by atoms with Gasteiger partial charge in [0.2, 0.25) is 0 Å². The van der Waals surface area contributed by atoms with E-state index in [0.717, 1.165) is 28.1 Å². The summed E-state index contributed by atoms with van der Waals surface area (Å²) in [7, 11) is 0. The lowest BCUT2D eigenvalue weighted by atomic mass is 10.1. The number of rotatable bonds is 2.